The Labute approximate surface area is 207 Å². The van der Waals surface area contributed by atoms with Crippen molar-refractivity contribution in [3.05, 3.63) is 75.2 Å². The van der Waals surface area contributed by atoms with Crippen LogP contribution in [0.15, 0.2) is 58.4 Å². The van der Waals surface area contributed by atoms with Crippen LogP contribution in [-0.2, 0) is 13.6 Å². The maximum absolute atomic E-state index is 12.8. The van der Waals surface area contributed by atoms with Crippen molar-refractivity contribution in [1.82, 2.24) is 34.2 Å². The van der Waals surface area contributed by atoms with E-state index in [2.05, 4.69) is 25.1 Å². The van der Waals surface area contributed by atoms with E-state index in [4.69, 9.17) is 10.5 Å². The molecule has 1 atom stereocenters. The van der Waals surface area contributed by atoms with Crippen LogP contribution in [-0.4, -0.2) is 66.5 Å². The number of fused-ring (bicyclic) bond motifs is 1. The highest BCUT2D eigenvalue weighted by Gasteiger charge is 2.18. The number of hydrogen-bond acceptors (Lipinski definition) is 9. The van der Waals surface area contributed by atoms with E-state index in [0.717, 1.165) is 48.4 Å². The molecular formula is C25H28N8O3. The molecule has 0 saturated carbocycles. The van der Waals surface area contributed by atoms with Gasteiger partial charge in [-0.15, -0.1) is 10.2 Å². The van der Waals surface area contributed by atoms with Crippen LogP contribution in [0.1, 0.15) is 18.4 Å². The second-order valence-corrected chi connectivity index (χ2v) is 8.98. The fraction of sp³-hybridized carbons (Fsp3) is 0.360. The maximum atomic E-state index is 12.8. The summed E-state index contributed by atoms with van der Waals surface area (Å²) in [6.07, 6.45) is 5.29. The zero-order valence-corrected chi connectivity index (χ0v) is 20.1. The normalized spacial score (nSPS) is 16.0. The Bertz CT molecular complexity index is 1470. The van der Waals surface area contributed by atoms with E-state index in [0.29, 0.717) is 24.0 Å². The van der Waals surface area contributed by atoms with E-state index >= 15 is 0 Å². The lowest BCUT2D eigenvalue weighted by molar-refractivity contribution is 0.262. The monoisotopic (exact) mass is 488 g/mol. The van der Waals surface area contributed by atoms with Gasteiger partial charge in [0.05, 0.1) is 13.2 Å². The molecule has 0 aliphatic carbocycles. The third kappa shape index (κ3) is 5.02. The van der Waals surface area contributed by atoms with Crippen molar-refractivity contribution in [3.63, 3.8) is 0 Å². The molecule has 0 bridgehead atoms. The molecule has 11 heteroatoms. The summed E-state index contributed by atoms with van der Waals surface area (Å²) < 4.78 is 8.27. The summed E-state index contributed by atoms with van der Waals surface area (Å²) in [6, 6.07) is 11.3. The average molecular weight is 489 g/mol. The molecule has 1 unspecified atom stereocenters. The number of nitrogens with zero attached hydrogens (tertiary/aromatic N) is 7. The van der Waals surface area contributed by atoms with Gasteiger partial charge in [0.25, 0.3) is 5.56 Å². The largest absolute Gasteiger partial charge is 0.494 e. The molecule has 0 spiro atoms. The summed E-state index contributed by atoms with van der Waals surface area (Å²) in [5, 5.41) is 8.42. The van der Waals surface area contributed by atoms with E-state index in [1.54, 1.807) is 18.5 Å². The molecule has 5 rings (SSSR count). The summed E-state index contributed by atoms with van der Waals surface area (Å²) in [7, 11) is 1.43. The van der Waals surface area contributed by atoms with E-state index in [-0.39, 0.29) is 17.7 Å². The van der Waals surface area contributed by atoms with Crippen LogP contribution in [0, 0.1) is 0 Å². The summed E-state index contributed by atoms with van der Waals surface area (Å²) in [4.78, 5) is 36.5. The second-order valence-electron chi connectivity index (χ2n) is 8.98. The molecule has 1 saturated heterocycles. The predicted octanol–water partition coefficient (Wildman–Crippen LogP) is 0.797. The fourth-order valence-electron chi connectivity index (χ4n) is 4.35. The van der Waals surface area contributed by atoms with Gasteiger partial charge in [0.15, 0.2) is 17.0 Å². The Morgan fingerprint density at radius 3 is 2.69 bits per heavy atom. The van der Waals surface area contributed by atoms with Crippen LogP contribution < -0.4 is 21.7 Å². The van der Waals surface area contributed by atoms with Crippen molar-refractivity contribution in [2.45, 2.75) is 25.4 Å². The van der Waals surface area contributed by atoms with Gasteiger partial charge >= 0.3 is 5.69 Å². The Kier molecular flexibility index (Phi) is 6.83. The van der Waals surface area contributed by atoms with E-state index in [1.165, 1.54) is 11.6 Å². The van der Waals surface area contributed by atoms with Gasteiger partial charge in [-0.3, -0.25) is 18.9 Å². The second kappa shape index (κ2) is 10.3. The average Bonchev–Trinajstić information content (AvgIpc) is 3.33. The molecule has 1 aliphatic rings. The number of likely N-dealkylation sites (tertiary alicyclic amines) is 1. The molecule has 1 aromatic carbocycles. The highest BCUT2D eigenvalue weighted by Crippen LogP contribution is 2.20. The van der Waals surface area contributed by atoms with Crippen molar-refractivity contribution in [2.24, 2.45) is 12.8 Å². The molecule has 4 heterocycles. The Balaban J connectivity index is 1.33. The van der Waals surface area contributed by atoms with Gasteiger partial charge in [-0.1, -0.05) is 6.07 Å². The van der Waals surface area contributed by atoms with Gasteiger partial charge in [0.2, 0.25) is 0 Å². The third-order valence-corrected chi connectivity index (χ3v) is 6.32. The Hall–Kier alpha value is -3.96. The van der Waals surface area contributed by atoms with Crippen molar-refractivity contribution in [2.75, 3.05) is 26.2 Å². The molecule has 0 radical (unpaired) electrons. The number of rotatable bonds is 8. The lowest BCUT2D eigenvalue weighted by Crippen LogP contribution is -2.39. The van der Waals surface area contributed by atoms with E-state index in [9.17, 15) is 9.59 Å². The van der Waals surface area contributed by atoms with Crippen LogP contribution in [0.2, 0.25) is 0 Å². The summed E-state index contributed by atoms with van der Waals surface area (Å²) >= 11 is 0. The first-order chi connectivity index (χ1) is 17.5. The van der Waals surface area contributed by atoms with Gasteiger partial charge in [-0.25, -0.2) is 9.78 Å². The zero-order valence-electron chi connectivity index (χ0n) is 20.1. The number of hydrogen-bond donors (Lipinski definition) is 1. The molecule has 1 aliphatic heterocycles. The molecular weight excluding hydrogens is 460 g/mol. The maximum Gasteiger partial charge on any atom is 0.332 e. The molecule has 36 heavy (non-hydrogen) atoms. The smallest absolute Gasteiger partial charge is 0.332 e. The highest BCUT2D eigenvalue weighted by atomic mass is 16.5. The first kappa shape index (κ1) is 23.8. The zero-order chi connectivity index (χ0) is 25.1. The number of benzene rings is 1. The molecule has 11 nitrogen and oxygen atoms in total. The Morgan fingerprint density at radius 1 is 1.14 bits per heavy atom. The summed E-state index contributed by atoms with van der Waals surface area (Å²) in [5.41, 5.74) is 6.63. The molecule has 2 N–H and O–H groups in total. The first-order valence-corrected chi connectivity index (χ1v) is 11.9. The molecule has 3 aromatic heterocycles. The molecule has 4 aromatic rings. The van der Waals surface area contributed by atoms with Crippen molar-refractivity contribution < 1.29 is 4.74 Å². The van der Waals surface area contributed by atoms with Gasteiger partial charge in [-0.2, -0.15) is 0 Å². The summed E-state index contributed by atoms with van der Waals surface area (Å²) in [5.74, 6) is 1.04. The van der Waals surface area contributed by atoms with Crippen LogP contribution in [0.5, 0.6) is 5.75 Å². The number of ether oxygens (including phenoxy) is 1. The number of nitrogens with two attached hydrogens (primary N) is 1. The van der Waals surface area contributed by atoms with Crippen molar-refractivity contribution >= 4 is 11.2 Å². The van der Waals surface area contributed by atoms with Crippen molar-refractivity contribution in [3.8, 4) is 17.1 Å². The highest BCUT2D eigenvalue weighted by molar-refractivity contribution is 5.71. The summed E-state index contributed by atoms with van der Waals surface area (Å²) in [6.45, 7) is 3.80. The predicted molar refractivity (Wildman–Crippen MR) is 135 cm³/mol. The lowest BCUT2D eigenvalue weighted by atomic mass is 10.2. The quantitative estimate of drug-likeness (QED) is 0.357. The van der Waals surface area contributed by atoms with Gasteiger partial charge in [0.1, 0.15) is 5.75 Å². The minimum absolute atomic E-state index is 0.0768. The first-order valence-electron chi connectivity index (χ1n) is 11.9. The van der Waals surface area contributed by atoms with Gasteiger partial charge < -0.3 is 15.4 Å². The van der Waals surface area contributed by atoms with Gasteiger partial charge in [0, 0.05) is 44.1 Å². The van der Waals surface area contributed by atoms with Gasteiger partial charge in [-0.05, 0) is 55.3 Å². The van der Waals surface area contributed by atoms with Crippen LogP contribution in [0.4, 0.5) is 0 Å². The van der Waals surface area contributed by atoms with Crippen molar-refractivity contribution in [1.29, 1.82) is 0 Å². The number of pyridine rings is 1. The molecule has 1 fully saturated rings. The SMILES string of the molecule is Cn1c(=O)c2nc(-c3ccc(OCCCN4CCC(N)C4)cc3)nnc2n(Cc2cccnc2)c1=O. The topological polar surface area (TPSA) is 134 Å². The fourth-order valence-corrected chi connectivity index (χ4v) is 4.35. The molecule has 0 amide bonds. The lowest BCUT2D eigenvalue weighted by Gasteiger charge is -2.15. The van der Waals surface area contributed by atoms with E-state index < -0.39 is 11.2 Å². The standard InChI is InChI=1S/C25H28N8O3/c1-31-24(34)21-23(33(25(31)35)15-17-4-2-10-27-14-17)30-29-22(28-21)18-5-7-20(8-6-18)36-13-3-11-32-12-9-19(26)16-32/h2,4-8,10,14,19H,3,9,11-13,15-16,26H2,1H3. The minimum Gasteiger partial charge on any atom is -0.494 e. The van der Waals surface area contributed by atoms with Crippen LogP contribution >= 0.6 is 0 Å². The van der Waals surface area contributed by atoms with Crippen LogP contribution in [0.3, 0.4) is 0 Å². The third-order valence-electron chi connectivity index (χ3n) is 6.32. The number of aromatic nitrogens is 6. The minimum atomic E-state index is -0.521. The Morgan fingerprint density at radius 2 is 1.97 bits per heavy atom. The van der Waals surface area contributed by atoms with E-state index in [1.807, 2.05) is 30.3 Å². The van der Waals surface area contributed by atoms with Crippen LogP contribution in [0.25, 0.3) is 22.6 Å². The molecule has 186 valence electrons.